The van der Waals surface area contributed by atoms with Crippen LogP contribution < -0.4 is 0 Å². The van der Waals surface area contributed by atoms with Crippen LogP contribution in [0.25, 0.3) is 11.2 Å². The standard InChI is InChI=1S/C14H19N3O3S/c1-3-20-6-4-5-17-13-11(7-10(2)8-15-13)16-14(17)21-9-12(18)19/h7-8H,3-6,9H2,1-2H3,(H,18,19). The predicted octanol–water partition coefficient (Wildman–Crippen LogP) is 2.34. The lowest BCUT2D eigenvalue weighted by atomic mass is 10.3. The van der Waals surface area contributed by atoms with Crippen molar-refractivity contribution in [2.75, 3.05) is 19.0 Å². The van der Waals surface area contributed by atoms with Gasteiger partial charge in [0.2, 0.25) is 0 Å². The van der Waals surface area contributed by atoms with E-state index >= 15 is 0 Å². The Morgan fingerprint density at radius 3 is 3.05 bits per heavy atom. The van der Waals surface area contributed by atoms with Crippen molar-refractivity contribution in [3.05, 3.63) is 17.8 Å². The first-order valence-corrected chi connectivity index (χ1v) is 7.85. The quantitative estimate of drug-likeness (QED) is 0.596. The second kappa shape index (κ2) is 7.42. The highest BCUT2D eigenvalue weighted by molar-refractivity contribution is 7.99. The molecular formula is C14H19N3O3S. The fraction of sp³-hybridized carbons (Fsp3) is 0.500. The lowest BCUT2D eigenvalue weighted by molar-refractivity contribution is -0.133. The summed E-state index contributed by atoms with van der Waals surface area (Å²) in [5, 5.41) is 9.53. The molecule has 0 bridgehead atoms. The summed E-state index contributed by atoms with van der Waals surface area (Å²) in [6, 6.07) is 1.96. The number of ether oxygens (including phenoxy) is 1. The number of carboxylic acids is 1. The Hall–Kier alpha value is -1.60. The first kappa shape index (κ1) is 15.8. The van der Waals surface area contributed by atoms with Gasteiger partial charge in [0, 0.05) is 26.0 Å². The van der Waals surface area contributed by atoms with E-state index in [-0.39, 0.29) is 5.75 Å². The van der Waals surface area contributed by atoms with Crippen molar-refractivity contribution >= 4 is 28.9 Å². The maximum Gasteiger partial charge on any atom is 0.313 e. The van der Waals surface area contributed by atoms with Crippen LogP contribution in [-0.4, -0.2) is 44.6 Å². The molecule has 0 aliphatic heterocycles. The zero-order valence-corrected chi connectivity index (χ0v) is 13.0. The Labute approximate surface area is 127 Å². The van der Waals surface area contributed by atoms with E-state index in [9.17, 15) is 4.79 Å². The fourth-order valence-corrected chi connectivity index (χ4v) is 2.75. The number of pyridine rings is 1. The molecule has 0 amide bonds. The lowest BCUT2D eigenvalue weighted by Crippen LogP contribution is -2.06. The number of hydrogen-bond donors (Lipinski definition) is 1. The molecule has 0 aromatic carbocycles. The molecule has 0 unspecified atom stereocenters. The molecule has 21 heavy (non-hydrogen) atoms. The maximum atomic E-state index is 10.8. The molecular weight excluding hydrogens is 290 g/mol. The van der Waals surface area contributed by atoms with E-state index in [0.29, 0.717) is 24.9 Å². The summed E-state index contributed by atoms with van der Waals surface area (Å²) >= 11 is 1.22. The van der Waals surface area contributed by atoms with Crippen LogP contribution in [0.15, 0.2) is 17.4 Å². The Morgan fingerprint density at radius 2 is 2.33 bits per heavy atom. The smallest absolute Gasteiger partial charge is 0.313 e. The minimum absolute atomic E-state index is 0.00619. The Morgan fingerprint density at radius 1 is 1.52 bits per heavy atom. The van der Waals surface area contributed by atoms with E-state index in [1.807, 2.05) is 24.5 Å². The third kappa shape index (κ3) is 4.18. The van der Waals surface area contributed by atoms with Gasteiger partial charge in [-0.1, -0.05) is 11.8 Å². The number of rotatable bonds is 8. The van der Waals surface area contributed by atoms with Gasteiger partial charge in [-0.05, 0) is 31.9 Å². The van der Waals surface area contributed by atoms with E-state index in [0.717, 1.165) is 23.1 Å². The average molecular weight is 309 g/mol. The summed E-state index contributed by atoms with van der Waals surface area (Å²) in [7, 11) is 0. The van der Waals surface area contributed by atoms with Crippen LogP contribution in [0.2, 0.25) is 0 Å². The second-order valence-corrected chi connectivity index (χ2v) is 5.58. The zero-order chi connectivity index (χ0) is 15.2. The minimum atomic E-state index is -0.850. The highest BCUT2D eigenvalue weighted by atomic mass is 32.2. The fourth-order valence-electron chi connectivity index (χ4n) is 2.00. The van der Waals surface area contributed by atoms with Crippen molar-refractivity contribution in [2.45, 2.75) is 32.0 Å². The number of aromatic nitrogens is 3. The summed E-state index contributed by atoms with van der Waals surface area (Å²) in [5.41, 5.74) is 2.64. The first-order valence-electron chi connectivity index (χ1n) is 6.87. The van der Waals surface area contributed by atoms with Crippen molar-refractivity contribution in [2.24, 2.45) is 0 Å². The van der Waals surface area contributed by atoms with Gasteiger partial charge in [0.05, 0.1) is 5.75 Å². The van der Waals surface area contributed by atoms with E-state index in [1.165, 1.54) is 11.8 Å². The van der Waals surface area contributed by atoms with Crippen molar-refractivity contribution in [1.82, 2.24) is 14.5 Å². The van der Waals surface area contributed by atoms with Crippen LogP contribution in [-0.2, 0) is 16.1 Å². The normalized spacial score (nSPS) is 11.1. The van der Waals surface area contributed by atoms with Crippen LogP contribution in [0.3, 0.4) is 0 Å². The highest BCUT2D eigenvalue weighted by Gasteiger charge is 2.13. The van der Waals surface area contributed by atoms with Gasteiger partial charge >= 0.3 is 5.97 Å². The summed E-state index contributed by atoms with van der Waals surface area (Å²) in [4.78, 5) is 19.7. The molecule has 0 radical (unpaired) electrons. The Balaban J connectivity index is 2.23. The molecule has 0 saturated carbocycles. The SMILES string of the molecule is CCOCCCn1c(SCC(=O)O)nc2cc(C)cnc21. The van der Waals surface area contributed by atoms with Crippen molar-refractivity contribution in [3.8, 4) is 0 Å². The summed E-state index contributed by atoms with van der Waals surface area (Å²) in [6.07, 6.45) is 2.64. The van der Waals surface area contributed by atoms with E-state index in [1.54, 1.807) is 6.20 Å². The number of hydrogen-bond acceptors (Lipinski definition) is 5. The van der Waals surface area contributed by atoms with Gasteiger partial charge in [0.15, 0.2) is 10.8 Å². The van der Waals surface area contributed by atoms with Crippen LogP contribution >= 0.6 is 11.8 Å². The van der Waals surface area contributed by atoms with E-state index in [2.05, 4.69) is 9.97 Å². The highest BCUT2D eigenvalue weighted by Crippen LogP contribution is 2.23. The Bertz CT molecular complexity index is 627. The van der Waals surface area contributed by atoms with Gasteiger partial charge in [-0.3, -0.25) is 4.79 Å². The van der Waals surface area contributed by atoms with Crippen LogP contribution in [0.1, 0.15) is 18.9 Å². The average Bonchev–Trinajstić information content (AvgIpc) is 2.78. The molecule has 0 aliphatic rings. The molecule has 2 heterocycles. The number of thioether (sulfide) groups is 1. The number of carboxylic acid groups (broad SMARTS) is 1. The molecule has 114 valence electrons. The predicted molar refractivity (Wildman–Crippen MR) is 81.7 cm³/mol. The van der Waals surface area contributed by atoms with Gasteiger partial charge in [-0.25, -0.2) is 9.97 Å². The number of aliphatic carboxylic acids is 1. The maximum absolute atomic E-state index is 10.8. The number of imidazole rings is 1. The monoisotopic (exact) mass is 309 g/mol. The molecule has 0 saturated heterocycles. The molecule has 1 N–H and O–H groups in total. The van der Waals surface area contributed by atoms with Crippen LogP contribution in [0, 0.1) is 6.92 Å². The summed E-state index contributed by atoms with van der Waals surface area (Å²) in [6.45, 7) is 6.01. The van der Waals surface area contributed by atoms with Crippen LogP contribution in [0.5, 0.6) is 0 Å². The molecule has 2 aromatic rings. The number of carbonyl (C=O) groups is 1. The third-order valence-corrected chi connectivity index (χ3v) is 3.85. The zero-order valence-electron chi connectivity index (χ0n) is 12.2. The topological polar surface area (TPSA) is 77.2 Å². The molecule has 0 atom stereocenters. The number of nitrogens with zero attached hydrogens (tertiary/aromatic N) is 3. The molecule has 7 heteroatoms. The molecule has 2 aromatic heterocycles. The van der Waals surface area contributed by atoms with E-state index in [4.69, 9.17) is 9.84 Å². The summed E-state index contributed by atoms with van der Waals surface area (Å²) < 4.78 is 7.32. The van der Waals surface area contributed by atoms with E-state index < -0.39 is 5.97 Å². The van der Waals surface area contributed by atoms with Gasteiger partial charge in [-0.2, -0.15) is 0 Å². The van der Waals surface area contributed by atoms with Crippen molar-refractivity contribution in [1.29, 1.82) is 0 Å². The van der Waals surface area contributed by atoms with Gasteiger partial charge in [0.1, 0.15) is 5.52 Å². The first-order chi connectivity index (χ1) is 10.1. The molecule has 2 rings (SSSR count). The number of fused-ring (bicyclic) bond motifs is 1. The van der Waals surface area contributed by atoms with Gasteiger partial charge in [-0.15, -0.1) is 0 Å². The second-order valence-electron chi connectivity index (χ2n) is 4.63. The van der Waals surface area contributed by atoms with Gasteiger partial charge in [0.25, 0.3) is 0 Å². The van der Waals surface area contributed by atoms with Crippen LogP contribution in [0.4, 0.5) is 0 Å². The van der Waals surface area contributed by atoms with Gasteiger partial charge < -0.3 is 14.4 Å². The number of aryl methyl sites for hydroxylation is 2. The van der Waals surface area contributed by atoms with Crippen molar-refractivity contribution in [3.63, 3.8) is 0 Å². The summed E-state index contributed by atoms with van der Waals surface area (Å²) in [5.74, 6) is -0.856. The molecule has 0 fully saturated rings. The minimum Gasteiger partial charge on any atom is -0.481 e. The molecule has 6 nitrogen and oxygen atoms in total. The third-order valence-electron chi connectivity index (χ3n) is 2.89. The molecule has 0 aliphatic carbocycles. The molecule has 0 spiro atoms. The lowest BCUT2D eigenvalue weighted by Gasteiger charge is -2.07. The van der Waals surface area contributed by atoms with Crippen molar-refractivity contribution < 1.29 is 14.6 Å². The largest absolute Gasteiger partial charge is 0.481 e. The Kier molecular flexibility index (Phi) is 5.58.